The van der Waals surface area contributed by atoms with Gasteiger partial charge in [-0.05, 0) is 22.4 Å². The van der Waals surface area contributed by atoms with Crippen molar-refractivity contribution in [1.82, 2.24) is 10.3 Å². The zero-order chi connectivity index (χ0) is 14.0. The predicted molar refractivity (Wildman–Crippen MR) is 74.1 cm³/mol. The van der Waals surface area contributed by atoms with Crippen LogP contribution in [0.15, 0.2) is 10.7 Å². The number of hydrogen-bond acceptors (Lipinski definition) is 4. The van der Waals surface area contributed by atoms with Gasteiger partial charge in [0, 0.05) is 19.3 Å². The predicted octanol–water partition coefficient (Wildman–Crippen LogP) is 2.16. The van der Waals surface area contributed by atoms with Crippen LogP contribution in [0.5, 0.6) is 0 Å². The van der Waals surface area contributed by atoms with Crippen LogP contribution in [0.25, 0.3) is 0 Å². The van der Waals surface area contributed by atoms with Crippen molar-refractivity contribution in [2.45, 2.75) is 12.5 Å². The molecule has 0 spiro atoms. The fourth-order valence-corrected chi connectivity index (χ4v) is 2.85. The second-order valence-corrected chi connectivity index (χ2v) is 5.32. The molecule has 1 aliphatic rings. The maximum atomic E-state index is 11.1. The molecule has 6 nitrogen and oxygen atoms in total. The number of aromatic nitrogens is 1. The van der Waals surface area contributed by atoms with E-state index in [0.29, 0.717) is 41.5 Å². The molecule has 0 bridgehead atoms. The van der Waals surface area contributed by atoms with Crippen LogP contribution in [-0.2, 0) is 0 Å². The molecule has 19 heavy (non-hydrogen) atoms. The van der Waals surface area contributed by atoms with Crippen LogP contribution in [0.2, 0.25) is 5.15 Å². The first kappa shape index (κ1) is 14.1. The summed E-state index contributed by atoms with van der Waals surface area (Å²) >= 11 is 9.25. The highest BCUT2D eigenvalue weighted by molar-refractivity contribution is 9.10. The molecule has 0 radical (unpaired) electrons. The lowest BCUT2D eigenvalue weighted by molar-refractivity contribution is 0.112. The minimum Gasteiger partial charge on any atom is -0.465 e. The van der Waals surface area contributed by atoms with Crippen LogP contribution in [0, 0.1) is 0 Å². The minimum absolute atomic E-state index is 0.157. The van der Waals surface area contributed by atoms with Crippen LogP contribution < -0.4 is 10.2 Å². The Kier molecular flexibility index (Phi) is 4.26. The number of pyridine rings is 1. The molecule has 2 heterocycles. The van der Waals surface area contributed by atoms with E-state index in [4.69, 9.17) is 16.7 Å². The van der Waals surface area contributed by atoms with Gasteiger partial charge in [0.1, 0.15) is 5.15 Å². The summed E-state index contributed by atoms with van der Waals surface area (Å²) in [5.74, 6) is 0. The Hall–Kier alpha value is -1.34. The molecule has 1 atom stereocenters. The van der Waals surface area contributed by atoms with E-state index in [9.17, 15) is 9.59 Å². The fourth-order valence-electron chi connectivity index (χ4n) is 2.13. The number of nitrogens with one attached hydrogen (secondary N) is 1. The van der Waals surface area contributed by atoms with Gasteiger partial charge in [-0.15, -0.1) is 0 Å². The van der Waals surface area contributed by atoms with E-state index in [1.165, 1.54) is 6.20 Å². The number of anilines is 1. The summed E-state index contributed by atoms with van der Waals surface area (Å²) in [6, 6.07) is -0.157. The largest absolute Gasteiger partial charge is 0.465 e. The number of carboxylic acid groups (broad SMARTS) is 1. The zero-order valence-corrected chi connectivity index (χ0v) is 12.1. The van der Waals surface area contributed by atoms with Crippen molar-refractivity contribution < 1.29 is 14.7 Å². The smallest absolute Gasteiger partial charge is 0.404 e. The molecule has 8 heteroatoms. The van der Waals surface area contributed by atoms with Crippen molar-refractivity contribution >= 4 is 45.6 Å². The van der Waals surface area contributed by atoms with Crippen molar-refractivity contribution in [3.63, 3.8) is 0 Å². The van der Waals surface area contributed by atoms with Crippen molar-refractivity contribution in [2.24, 2.45) is 0 Å². The summed E-state index contributed by atoms with van der Waals surface area (Å²) in [5, 5.41) is 11.4. The zero-order valence-electron chi connectivity index (χ0n) is 9.77. The Balaban J connectivity index is 2.26. The molecular formula is C11H11BrClN3O3. The fraction of sp³-hybridized carbons (Fsp3) is 0.364. The summed E-state index contributed by atoms with van der Waals surface area (Å²) in [5.41, 5.74) is 1.08. The highest BCUT2D eigenvalue weighted by Crippen LogP contribution is 2.35. The van der Waals surface area contributed by atoms with Gasteiger partial charge in [0.05, 0.1) is 21.8 Å². The number of nitrogens with zero attached hydrogens (tertiary/aromatic N) is 2. The van der Waals surface area contributed by atoms with Gasteiger partial charge in [0.25, 0.3) is 0 Å². The first-order chi connectivity index (χ1) is 9.02. The molecule has 2 rings (SSSR count). The van der Waals surface area contributed by atoms with E-state index in [2.05, 4.69) is 26.2 Å². The summed E-state index contributed by atoms with van der Waals surface area (Å²) in [7, 11) is 0. The number of halogens is 2. The van der Waals surface area contributed by atoms with Gasteiger partial charge >= 0.3 is 6.09 Å². The molecule has 1 aromatic heterocycles. The van der Waals surface area contributed by atoms with Crippen molar-refractivity contribution in [2.75, 3.05) is 18.0 Å². The van der Waals surface area contributed by atoms with Gasteiger partial charge in [-0.1, -0.05) is 11.6 Å². The van der Waals surface area contributed by atoms with Gasteiger partial charge in [0.2, 0.25) is 0 Å². The maximum Gasteiger partial charge on any atom is 0.404 e. The van der Waals surface area contributed by atoms with Crippen LogP contribution in [0.1, 0.15) is 16.8 Å². The van der Waals surface area contributed by atoms with Gasteiger partial charge < -0.3 is 15.3 Å². The standard InChI is InChI=1S/C11H11BrClN3O3/c12-8-9(6(5-17)3-14-10(8)13)16-2-1-7(4-16)15-11(18)19/h3,5,7,15H,1-2,4H2,(H,18,19)/t7-/m0/s1. The van der Waals surface area contributed by atoms with E-state index in [1.807, 2.05) is 4.90 Å². The lowest BCUT2D eigenvalue weighted by atomic mass is 10.2. The molecule has 1 saturated heterocycles. The molecule has 0 aromatic carbocycles. The average molecular weight is 349 g/mol. The number of aldehydes is 1. The van der Waals surface area contributed by atoms with Gasteiger partial charge in [-0.3, -0.25) is 4.79 Å². The number of amides is 1. The lowest BCUT2D eigenvalue weighted by Crippen LogP contribution is -2.36. The van der Waals surface area contributed by atoms with E-state index in [-0.39, 0.29) is 11.2 Å². The maximum absolute atomic E-state index is 11.1. The first-order valence-electron chi connectivity index (χ1n) is 5.56. The monoisotopic (exact) mass is 347 g/mol. The summed E-state index contributed by atoms with van der Waals surface area (Å²) in [4.78, 5) is 27.5. The topological polar surface area (TPSA) is 82.5 Å². The molecular weight excluding hydrogens is 337 g/mol. The number of carbonyl (C=O) groups is 2. The highest BCUT2D eigenvalue weighted by Gasteiger charge is 2.27. The van der Waals surface area contributed by atoms with E-state index in [1.54, 1.807) is 0 Å². The third-order valence-electron chi connectivity index (χ3n) is 2.94. The second kappa shape index (κ2) is 5.75. The van der Waals surface area contributed by atoms with Gasteiger partial charge in [0.15, 0.2) is 6.29 Å². The molecule has 0 unspecified atom stereocenters. The highest BCUT2D eigenvalue weighted by atomic mass is 79.9. The molecule has 1 fully saturated rings. The Bertz CT molecular complexity index is 526. The van der Waals surface area contributed by atoms with E-state index >= 15 is 0 Å². The Labute approximate surface area is 122 Å². The minimum atomic E-state index is -1.05. The summed E-state index contributed by atoms with van der Waals surface area (Å²) < 4.78 is 0.551. The van der Waals surface area contributed by atoms with Crippen molar-refractivity contribution in [3.8, 4) is 0 Å². The van der Waals surface area contributed by atoms with Gasteiger partial charge in [-0.25, -0.2) is 9.78 Å². The third kappa shape index (κ3) is 2.98. The van der Waals surface area contributed by atoms with Crippen LogP contribution in [0.3, 0.4) is 0 Å². The quantitative estimate of drug-likeness (QED) is 0.646. The number of rotatable bonds is 3. The van der Waals surface area contributed by atoms with Gasteiger partial charge in [-0.2, -0.15) is 0 Å². The summed E-state index contributed by atoms with van der Waals surface area (Å²) in [6.07, 6.45) is 1.75. The SMILES string of the molecule is O=Cc1cnc(Cl)c(Br)c1N1CC[C@H](NC(=O)O)C1. The Morgan fingerprint density at radius 1 is 1.68 bits per heavy atom. The number of hydrogen-bond donors (Lipinski definition) is 2. The normalized spacial score (nSPS) is 18.4. The molecule has 1 amide bonds. The molecule has 1 aromatic rings. The first-order valence-corrected chi connectivity index (χ1v) is 6.73. The van der Waals surface area contributed by atoms with E-state index < -0.39 is 6.09 Å². The average Bonchev–Trinajstić information content (AvgIpc) is 2.79. The lowest BCUT2D eigenvalue weighted by Gasteiger charge is -2.22. The molecule has 0 aliphatic carbocycles. The molecule has 2 N–H and O–H groups in total. The van der Waals surface area contributed by atoms with Crippen LogP contribution in [-0.4, -0.2) is 41.6 Å². The Morgan fingerprint density at radius 3 is 3.05 bits per heavy atom. The molecule has 0 saturated carbocycles. The third-order valence-corrected chi connectivity index (χ3v) is 4.20. The second-order valence-electron chi connectivity index (χ2n) is 4.17. The van der Waals surface area contributed by atoms with Crippen LogP contribution >= 0.6 is 27.5 Å². The molecule has 1 aliphatic heterocycles. The Morgan fingerprint density at radius 2 is 2.42 bits per heavy atom. The van der Waals surface area contributed by atoms with Crippen LogP contribution in [0.4, 0.5) is 10.5 Å². The van der Waals surface area contributed by atoms with Crippen molar-refractivity contribution in [3.05, 3.63) is 21.4 Å². The summed E-state index contributed by atoms with van der Waals surface area (Å²) in [6.45, 7) is 1.14. The van der Waals surface area contributed by atoms with Crippen molar-refractivity contribution in [1.29, 1.82) is 0 Å². The molecule has 102 valence electrons. The van der Waals surface area contributed by atoms with E-state index in [0.717, 1.165) is 0 Å². The number of carbonyl (C=O) groups excluding carboxylic acids is 1.